The molecule has 11 heteroatoms. The second kappa shape index (κ2) is 11.2. The number of hydrogen-bond donors (Lipinski definition) is 3. The van der Waals surface area contributed by atoms with Gasteiger partial charge in [-0.1, -0.05) is 12.1 Å². The summed E-state index contributed by atoms with van der Waals surface area (Å²) in [5.74, 6) is -2.81. The van der Waals surface area contributed by atoms with Crippen LogP contribution < -0.4 is 15.4 Å². The van der Waals surface area contributed by atoms with Crippen molar-refractivity contribution in [3.05, 3.63) is 86.7 Å². The third-order valence-corrected chi connectivity index (χ3v) is 5.38. The largest absolute Gasteiger partial charge is 0.490 e. The quantitative estimate of drug-likeness (QED) is 0.205. The van der Waals surface area contributed by atoms with Crippen LogP contribution in [0.2, 0.25) is 0 Å². The highest BCUT2D eigenvalue weighted by Crippen LogP contribution is 2.39. The SMILES string of the molecule is CC(=O)Nc1ccc(OCCOC(=O)C2=C(C)NC(C)=C(C(=O)O)C2c2cccc([N+](=O)[O-])c2)cc1. The Labute approximate surface area is 206 Å². The Morgan fingerprint density at radius 3 is 2.33 bits per heavy atom. The molecule has 0 saturated carbocycles. The van der Waals surface area contributed by atoms with Gasteiger partial charge in [-0.2, -0.15) is 0 Å². The molecule has 1 amide bonds. The zero-order valence-corrected chi connectivity index (χ0v) is 19.9. The van der Waals surface area contributed by atoms with Crippen LogP contribution in [-0.4, -0.2) is 41.1 Å². The van der Waals surface area contributed by atoms with E-state index in [0.29, 0.717) is 22.8 Å². The molecule has 2 aromatic carbocycles. The predicted molar refractivity (Wildman–Crippen MR) is 129 cm³/mol. The van der Waals surface area contributed by atoms with Gasteiger partial charge in [-0.3, -0.25) is 14.9 Å². The molecule has 3 rings (SSSR count). The van der Waals surface area contributed by atoms with E-state index >= 15 is 0 Å². The maximum absolute atomic E-state index is 13.1. The number of anilines is 1. The second-order valence-corrected chi connectivity index (χ2v) is 7.98. The average molecular weight is 495 g/mol. The summed E-state index contributed by atoms with van der Waals surface area (Å²) in [6, 6.07) is 12.1. The number of nitro groups is 1. The minimum absolute atomic E-state index is 0.0209. The first-order chi connectivity index (χ1) is 17.1. The molecule has 3 N–H and O–H groups in total. The molecule has 36 heavy (non-hydrogen) atoms. The summed E-state index contributed by atoms with van der Waals surface area (Å²) in [4.78, 5) is 47.0. The van der Waals surface area contributed by atoms with Gasteiger partial charge in [0.2, 0.25) is 5.91 Å². The molecule has 0 radical (unpaired) electrons. The maximum atomic E-state index is 13.1. The van der Waals surface area contributed by atoms with Crippen LogP contribution in [0.25, 0.3) is 0 Å². The molecule has 188 valence electrons. The molecule has 1 heterocycles. The van der Waals surface area contributed by atoms with E-state index in [1.807, 2.05) is 0 Å². The van der Waals surface area contributed by atoms with Crippen LogP contribution in [0.4, 0.5) is 11.4 Å². The van der Waals surface area contributed by atoms with Crippen LogP contribution in [0.1, 0.15) is 32.3 Å². The first-order valence-electron chi connectivity index (χ1n) is 10.9. The van der Waals surface area contributed by atoms with E-state index in [4.69, 9.17) is 9.47 Å². The van der Waals surface area contributed by atoms with Crippen molar-refractivity contribution in [1.82, 2.24) is 5.32 Å². The van der Waals surface area contributed by atoms with Crippen LogP contribution in [0, 0.1) is 10.1 Å². The molecule has 0 aromatic heterocycles. The van der Waals surface area contributed by atoms with Gasteiger partial charge in [-0.15, -0.1) is 0 Å². The Balaban J connectivity index is 1.76. The van der Waals surface area contributed by atoms with Gasteiger partial charge in [0.25, 0.3) is 5.69 Å². The Kier molecular flexibility index (Phi) is 8.05. The number of carbonyl (C=O) groups excluding carboxylic acids is 2. The molecule has 0 bridgehead atoms. The van der Waals surface area contributed by atoms with Crippen molar-refractivity contribution < 1.29 is 33.9 Å². The highest BCUT2D eigenvalue weighted by atomic mass is 16.6. The summed E-state index contributed by atoms with van der Waals surface area (Å²) in [5, 5.41) is 26.7. The predicted octanol–water partition coefficient (Wildman–Crippen LogP) is 3.49. The number of dihydropyridines is 1. The van der Waals surface area contributed by atoms with Gasteiger partial charge in [0.1, 0.15) is 19.0 Å². The minimum atomic E-state index is -1.26. The monoisotopic (exact) mass is 495 g/mol. The van der Waals surface area contributed by atoms with Gasteiger partial charge in [-0.25, -0.2) is 9.59 Å². The van der Waals surface area contributed by atoms with Crippen molar-refractivity contribution in [1.29, 1.82) is 0 Å². The topological polar surface area (TPSA) is 157 Å². The number of benzene rings is 2. The van der Waals surface area contributed by atoms with E-state index < -0.39 is 22.8 Å². The summed E-state index contributed by atoms with van der Waals surface area (Å²) in [5.41, 5.74) is 1.30. The second-order valence-electron chi connectivity index (χ2n) is 7.98. The first kappa shape index (κ1) is 25.9. The molecule has 0 saturated heterocycles. The van der Waals surface area contributed by atoms with E-state index in [9.17, 15) is 29.6 Å². The summed E-state index contributed by atoms with van der Waals surface area (Å²) in [6.07, 6.45) is 0. The molecule has 0 spiro atoms. The number of nitrogens with one attached hydrogen (secondary N) is 2. The maximum Gasteiger partial charge on any atom is 0.336 e. The number of carboxylic acid groups (broad SMARTS) is 1. The van der Waals surface area contributed by atoms with Crippen LogP contribution in [-0.2, 0) is 19.1 Å². The number of esters is 1. The molecule has 1 atom stereocenters. The highest BCUT2D eigenvalue weighted by Gasteiger charge is 2.37. The van der Waals surface area contributed by atoms with Gasteiger partial charge >= 0.3 is 11.9 Å². The Morgan fingerprint density at radius 2 is 1.72 bits per heavy atom. The smallest absolute Gasteiger partial charge is 0.336 e. The number of allylic oxidation sites excluding steroid dienone is 2. The lowest BCUT2D eigenvalue weighted by atomic mass is 9.80. The van der Waals surface area contributed by atoms with Crippen LogP contribution in [0.15, 0.2) is 71.1 Å². The molecule has 0 fully saturated rings. The van der Waals surface area contributed by atoms with E-state index in [-0.39, 0.29) is 41.5 Å². The van der Waals surface area contributed by atoms with Crippen molar-refractivity contribution in [3.8, 4) is 5.75 Å². The zero-order valence-electron chi connectivity index (χ0n) is 19.9. The standard InChI is InChI=1S/C25H25N3O8/c1-14-21(24(30)31)23(17-5-4-6-19(13-17)28(33)34)22(15(2)26-14)25(32)36-12-11-35-20-9-7-18(8-10-20)27-16(3)29/h4-10,13,23,26H,11-12H2,1-3H3,(H,27,29)(H,30,31). The van der Waals surface area contributed by atoms with Crippen LogP contribution in [0.5, 0.6) is 5.75 Å². The van der Waals surface area contributed by atoms with E-state index in [0.717, 1.165) is 0 Å². The van der Waals surface area contributed by atoms with E-state index in [1.165, 1.54) is 31.2 Å². The fraction of sp³-hybridized carbons (Fsp3) is 0.240. The molecule has 2 aromatic rings. The van der Waals surface area contributed by atoms with Crippen molar-refractivity contribution in [2.45, 2.75) is 26.7 Å². The summed E-state index contributed by atoms with van der Waals surface area (Å²) < 4.78 is 10.9. The normalized spacial score (nSPS) is 15.1. The molecule has 1 aliphatic rings. The molecule has 11 nitrogen and oxygen atoms in total. The summed E-state index contributed by atoms with van der Waals surface area (Å²) in [7, 11) is 0. The number of non-ortho nitro benzene ring substituents is 1. The number of aliphatic carboxylic acids is 1. The lowest BCUT2D eigenvalue weighted by molar-refractivity contribution is -0.384. The minimum Gasteiger partial charge on any atom is -0.490 e. The Hall–Kier alpha value is -4.67. The number of nitrogens with zero attached hydrogens (tertiary/aromatic N) is 1. The van der Waals surface area contributed by atoms with Gasteiger partial charge in [-0.05, 0) is 43.7 Å². The third-order valence-electron chi connectivity index (χ3n) is 5.38. The lowest BCUT2D eigenvalue weighted by Gasteiger charge is -2.29. The number of carboxylic acids is 1. The number of nitro benzene ring substituents is 1. The summed E-state index contributed by atoms with van der Waals surface area (Å²) in [6.45, 7) is 4.46. The fourth-order valence-corrected chi connectivity index (χ4v) is 3.91. The van der Waals surface area contributed by atoms with E-state index in [1.54, 1.807) is 38.1 Å². The van der Waals surface area contributed by atoms with Gasteiger partial charge in [0.05, 0.1) is 22.0 Å². The van der Waals surface area contributed by atoms with Gasteiger partial charge in [0.15, 0.2) is 0 Å². The summed E-state index contributed by atoms with van der Waals surface area (Å²) >= 11 is 0. The number of amides is 1. The van der Waals surface area contributed by atoms with E-state index in [2.05, 4.69) is 10.6 Å². The fourth-order valence-electron chi connectivity index (χ4n) is 3.91. The molecule has 0 aliphatic carbocycles. The van der Waals surface area contributed by atoms with Crippen molar-refractivity contribution in [3.63, 3.8) is 0 Å². The van der Waals surface area contributed by atoms with Crippen LogP contribution >= 0.6 is 0 Å². The highest BCUT2D eigenvalue weighted by molar-refractivity contribution is 5.99. The van der Waals surface area contributed by atoms with Gasteiger partial charge in [0, 0.05) is 36.1 Å². The van der Waals surface area contributed by atoms with Crippen molar-refractivity contribution >= 4 is 29.2 Å². The Bertz CT molecular complexity index is 1260. The molecule has 1 unspecified atom stereocenters. The van der Waals surface area contributed by atoms with Crippen molar-refractivity contribution in [2.75, 3.05) is 18.5 Å². The Morgan fingerprint density at radius 1 is 1.06 bits per heavy atom. The number of carbonyl (C=O) groups is 3. The molecular formula is C25H25N3O8. The third kappa shape index (κ3) is 6.06. The van der Waals surface area contributed by atoms with Crippen LogP contribution in [0.3, 0.4) is 0 Å². The molecule has 1 aliphatic heterocycles. The molecular weight excluding hydrogens is 470 g/mol. The number of ether oxygens (including phenoxy) is 2. The number of rotatable bonds is 9. The number of hydrogen-bond acceptors (Lipinski definition) is 8. The average Bonchev–Trinajstić information content (AvgIpc) is 2.81. The zero-order chi connectivity index (χ0) is 26.4. The first-order valence-corrected chi connectivity index (χ1v) is 10.9. The lowest BCUT2D eigenvalue weighted by Crippen LogP contribution is -2.32. The van der Waals surface area contributed by atoms with Gasteiger partial charge < -0.3 is 25.2 Å². The van der Waals surface area contributed by atoms with Crippen molar-refractivity contribution in [2.24, 2.45) is 0 Å².